The van der Waals surface area contributed by atoms with E-state index in [4.69, 9.17) is 5.73 Å². The van der Waals surface area contributed by atoms with E-state index < -0.39 is 0 Å². The molecule has 3 rings (SSSR count). The van der Waals surface area contributed by atoms with Gasteiger partial charge >= 0.3 is 0 Å². The molecule has 0 amide bonds. The highest BCUT2D eigenvalue weighted by atomic mass is 32.1. The molecule has 5 heteroatoms. The Kier molecular flexibility index (Phi) is 4.29. The van der Waals surface area contributed by atoms with Crippen LogP contribution in [0.15, 0.2) is 6.07 Å². The second kappa shape index (κ2) is 6.18. The Bertz CT molecular complexity index is 614. The molecule has 0 aromatic carbocycles. The van der Waals surface area contributed by atoms with Gasteiger partial charge in [0.15, 0.2) is 0 Å². The summed E-state index contributed by atoms with van der Waals surface area (Å²) in [4.78, 5) is 11.0. The van der Waals surface area contributed by atoms with Crippen molar-refractivity contribution in [2.24, 2.45) is 5.92 Å². The molecule has 1 aliphatic carbocycles. The Morgan fingerprint density at radius 2 is 2.05 bits per heavy atom. The minimum atomic E-state index is 0.367. The first-order valence-electron chi connectivity index (χ1n) is 7.96. The normalized spacial score (nSPS) is 22.6. The molecule has 2 aromatic heterocycles. The third kappa shape index (κ3) is 3.28. The number of hydrogen-bond donors (Lipinski definition) is 2. The summed E-state index contributed by atoms with van der Waals surface area (Å²) < 4.78 is 0. The maximum atomic E-state index is 5.85. The SMILES string of the molecule is CCCC1CCC(Nc2nc(N)nc3sc(C)cc23)CC1. The highest BCUT2D eigenvalue weighted by molar-refractivity contribution is 7.18. The van der Waals surface area contributed by atoms with Gasteiger partial charge in [-0.05, 0) is 44.6 Å². The van der Waals surface area contributed by atoms with Crippen molar-refractivity contribution in [1.29, 1.82) is 0 Å². The summed E-state index contributed by atoms with van der Waals surface area (Å²) in [5, 5.41) is 4.73. The van der Waals surface area contributed by atoms with Gasteiger partial charge < -0.3 is 11.1 Å². The fourth-order valence-electron chi connectivity index (χ4n) is 3.37. The van der Waals surface area contributed by atoms with Crippen LogP contribution in [0.3, 0.4) is 0 Å². The van der Waals surface area contributed by atoms with Gasteiger partial charge in [-0.2, -0.15) is 4.98 Å². The first kappa shape index (κ1) is 14.6. The molecule has 0 radical (unpaired) electrons. The van der Waals surface area contributed by atoms with E-state index in [-0.39, 0.29) is 0 Å². The van der Waals surface area contributed by atoms with Crippen LogP contribution in [0, 0.1) is 12.8 Å². The van der Waals surface area contributed by atoms with Crippen molar-refractivity contribution in [1.82, 2.24) is 9.97 Å². The largest absolute Gasteiger partial charge is 0.368 e. The molecule has 2 aromatic rings. The van der Waals surface area contributed by atoms with Crippen LogP contribution in [0.5, 0.6) is 0 Å². The average molecular weight is 304 g/mol. The summed E-state index contributed by atoms with van der Waals surface area (Å²) in [7, 11) is 0. The smallest absolute Gasteiger partial charge is 0.223 e. The fraction of sp³-hybridized carbons (Fsp3) is 0.625. The summed E-state index contributed by atoms with van der Waals surface area (Å²) in [6, 6.07) is 2.68. The number of thiophene rings is 1. The Morgan fingerprint density at radius 1 is 1.29 bits per heavy atom. The van der Waals surface area contributed by atoms with Gasteiger partial charge in [-0.1, -0.05) is 19.8 Å². The van der Waals surface area contributed by atoms with E-state index in [1.54, 1.807) is 11.3 Å². The number of hydrogen-bond acceptors (Lipinski definition) is 5. The molecule has 1 fully saturated rings. The van der Waals surface area contributed by atoms with Gasteiger partial charge in [0.25, 0.3) is 0 Å². The fourth-order valence-corrected chi connectivity index (χ4v) is 4.25. The van der Waals surface area contributed by atoms with Crippen LogP contribution in [-0.4, -0.2) is 16.0 Å². The van der Waals surface area contributed by atoms with E-state index >= 15 is 0 Å². The highest BCUT2D eigenvalue weighted by Gasteiger charge is 2.21. The first-order valence-corrected chi connectivity index (χ1v) is 8.77. The van der Waals surface area contributed by atoms with Crippen molar-refractivity contribution in [3.63, 3.8) is 0 Å². The van der Waals surface area contributed by atoms with Gasteiger partial charge in [-0.25, -0.2) is 4.98 Å². The topological polar surface area (TPSA) is 63.8 Å². The quantitative estimate of drug-likeness (QED) is 0.881. The van der Waals surface area contributed by atoms with E-state index in [0.717, 1.165) is 22.0 Å². The number of rotatable bonds is 4. The monoisotopic (exact) mass is 304 g/mol. The lowest BCUT2D eigenvalue weighted by Gasteiger charge is -2.29. The van der Waals surface area contributed by atoms with Gasteiger partial charge in [0.2, 0.25) is 5.95 Å². The lowest BCUT2D eigenvalue weighted by molar-refractivity contribution is 0.318. The number of anilines is 2. The van der Waals surface area contributed by atoms with Gasteiger partial charge in [0, 0.05) is 10.9 Å². The minimum Gasteiger partial charge on any atom is -0.368 e. The maximum Gasteiger partial charge on any atom is 0.223 e. The number of nitrogens with one attached hydrogen (secondary N) is 1. The molecule has 1 aliphatic rings. The first-order chi connectivity index (χ1) is 10.2. The number of aromatic nitrogens is 2. The zero-order chi connectivity index (χ0) is 14.8. The molecule has 21 heavy (non-hydrogen) atoms. The van der Waals surface area contributed by atoms with Crippen molar-refractivity contribution in [2.75, 3.05) is 11.1 Å². The Hall–Kier alpha value is -1.36. The number of nitrogens with zero attached hydrogens (tertiary/aromatic N) is 2. The second-order valence-electron chi connectivity index (χ2n) is 6.16. The molecular formula is C16H24N4S. The standard InChI is InChI=1S/C16H24N4S/c1-3-4-11-5-7-12(8-6-11)18-14-13-9-10(2)21-15(13)20-16(17)19-14/h9,11-12H,3-8H2,1-2H3,(H3,17,18,19,20). The third-order valence-corrected chi connectivity index (χ3v) is 5.36. The van der Waals surface area contributed by atoms with E-state index in [0.29, 0.717) is 12.0 Å². The molecule has 3 N–H and O–H groups in total. The van der Waals surface area contributed by atoms with Gasteiger partial charge in [0.1, 0.15) is 10.6 Å². The van der Waals surface area contributed by atoms with Crippen LogP contribution < -0.4 is 11.1 Å². The highest BCUT2D eigenvalue weighted by Crippen LogP contribution is 2.33. The van der Waals surface area contributed by atoms with Gasteiger partial charge in [-0.3, -0.25) is 0 Å². The Balaban J connectivity index is 1.73. The molecule has 0 bridgehead atoms. The minimum absolute atomic E-state index is 0.367. The van der Waals surface area contributed by atoms with Crippen LogP contribution in [0.2, 0.25) is 0 Å². The average Bonchev–Trinajstić information content (AvgIpc) is 2.81. The number of nitrogen functional groups attached to an aromatic ring is 1. The molecule has 0 saturated heterocycles. The number of fused-ring (bicyclic) bond motifs is 1. The molecule has 0 aliphatic heterocycles. The van der Waals surface area contributed by atoms with E-state index in [1.807, 2.05) is 0 Å². The van der Waals surface area contributed by atoms with Crippen LogP contribution >= 0.6 is 11.3 Å². The van der Waals surface area contributed by atoms with Crippen LogP contribution in [0.1, 0.15) is 50.3 Å². The van der Waals surface area contributed by atoms with E-state index in [1.165, 1.54) is 43.4 Å². The number of nitrogens with two attached hydrogens (primary N) is 1. The lowest BCUT2D eigenvalue weighted by Crippen LogP contribution is -2.26. The third-order valence-electron chi connectivity index (χ3n) is 4.42. The Morgan fingerprint density at radius 3 is 2.76 bits per heavy atom. The van der Waals surface area contributed by atoms with Gasteiger partial charge in [-0.15, -0.1) is 11.3 Å². The molecule has 2 heterocycles. The van der Waals surface area contributed by atoms with E-state index in [9.17, 15) is 0 Å². The van der Waals surface area contributed by atoms with Crippen LogP contribution in [0.4, 0.5) is 11.8 Å². The summed E-state index contributed by atoms with van der Waals surface area (Å²) in [5.74, 6) is 2.21. The summed E-state index contributed by atoms with van der Waals surface area (Å²) in [6.45, 7) is 4.38. The summed E-state index contributed by atoms with van der Waals surface area (Å²) in [5.41, 5.74) is 5.85. The lowest BCUT2D eigenvalue weighted by atomic mass is 9.83. The molecule has 4 nitrogen and oxygen atoms in total. The van der Waals surface area contributed by atoms with Crippen molar-refractivity contribution in [3.05, 3.63) is 10.9 Å². The van der Waals surface area contributed by atoms with Crippen LogP contribution in [0.25, 0.3) is 10.2 Å². The molecule has 114 valence electrons. The molecule has 0 spiro atoms. The maximum absolute atomic E-state index is 5.85. The molecule has 1 saturated carbocycles. The zero-order valence-electron chi connectivity index (χ0n) is 12.9. The van der Waals surface area contributed by atoms with Crippen molar-refractivity contribution in [3.8, 4) is 0 Å². The van der Waals surface area contributed by atoms with Crippen molar-refractivity contribution in [2.45, 2.75) is 58.4 Å². The molecular weight excluding hydrogens is 280 g/mol. The zero-order valence-corrected chi connectivity index (χ0v) is 13.7. The summed E-state index contributed by atoms with van der Waals surface area (Å²) >= 11 is 1.68. The molecule has 0 unspecified atom stereocenters. The predicted molar refractivity (Wildman–Crippen MR) is 90.8 cm³/mol. The van der Waals surface area contributed by atoms with Crippen molar-refractivity contribution < 1.29 is 0 Å². The second-order valence-corrected chi connectivity index (χ2v) is 7.39. The van der Waals surface area contributed by atoms with E-state index in [2.05, 4.69) is 35.2 Å². The number of aryl methyl sites for hydroxylation is 1. The summed E-state index contributed by atoms with van der Waals surface area (Å²) in [6.07, 6.45) is 7.81. The predicted octanol–water partition coefficient (Wildman–Crippen LogP) is 4.35. The van der Waals surface area contributed by atoms with Crippen molar-refractivity contribution >= 4 is 33.3 Å². The van der Waals surface area contributed by atoms with Crippen LogP contribution in [-0.2, 0) is 0 Å². The van der Waals surface area contributed by atoms with Gasteiger partial charge in [0.05, 0.1) is 5.39 Å². The molecule has 0 atom stereocenters. The Labute approximate surface area is 130 Å².